The first kappa shape index (κ1) is 109. The lowest BCUT2D eigenvalue weighted by Gasteiger charge is -2.34. The summed E-state index contributed by atoms with van der Waals surface area (Å²) in [5.74, 6) is -21.1. The van der Waals surface area contributed by atoms with Crippen LogP contribution >= 0.6 is 0 Å². The zero-order chi connectivity index (χ0) is 97.2. The van der Waals surface area contributed by atoms with Gasteiger partial charge in [0.15, 0.2) is 0 Å². The monoisotopic (exact) mass is 1820 g/mol. The Morgan fingerprint density at radius 2 is 0.785 bits per heavy atom. The predicted molar refractivity (Wildman–Crippen MR) is 470 cm³/mol. The number of nitrogens with two attached hydrogens (primary N) is 5. The van der Waals surface area contributed by atoms with Crippen molar-refractivity contribution in [2.75, 3.05) is 32.7 Å². The Morgan fingerprint density at radius 3 is 1.26 bits per heavy atom. The maximum atomic E-state index is 14.6. The Hall–Kier alpha value is -13.3. The van der Waals surface area contributed by atoms with Crippen LogP contribution in [0.2, 0.25) is 0 Å². The number of nitrogens with zero attached hydrogens (tertiary/aromatic N) is 1. The van der Waals surface area contributed by atoms with Gasteiger partial charge in [-0.1, -0.05) is 134 Å². The molecule has 1 saturated heterocycles. The van der Waals surface area contributed by atoms with Crippen molar-refractivity contribution < 1.29 is 111 Å². The summed E-state index contributed by atoms with van der Waals surface area (Å²) in [5.41, 5.74) is 29.0. The first-order valence-corrected chi connectivity index (χ1v) is 43.3. The SMILES string of the molecule is CC[C@H](C)[C@H](NC(=O)CN)C(=O)N[C@H](C(=O)N1CCC[C@H]1C(=O)N[C@H](C(=O)N[C@@H](Cc1ccccc1)C(=O)NCC(=O)N[C@H](C(=O)N[C@@H](C)C(=O)N[C@@H](CC(N)=O)C(=O)N[C@@H](Cc1ccc(O)cc1)C(=O)N[C@@H](C)C(=O)N[C@@H](CCC(N)=O)C(=O)N[C@@H](CCCCN)C(=O)N[C@@H](Cc1ccccc1)C(=O)N[C@@H](CCC(N)=O)C(=O)NCC(=O)O)[C@@H](C)O)[C@@H](C)CC)[C@@H](C)CC. The molecular formula is C86H129N21O23. The molecule has 44 heteroatoms. The number of aliphatic carboxylic acids is 1. The van der Waals surface area contributed by atoms with Crippen molar-refractivity contribution in [1.29, 1.82) is 0 Å². The van der Waals surface area contributed by atoms with E-state index < -0.39 is 266 Å². The minimum absolute atomic E-state index is 0.129. The van der Waals surface area contributed by atoms with Gasteiger partial charge in [-0.15, -0.1) is 0 Å². The summed E-state index contributed by atoms with van der Waals surface area (Å²) >= 11 is 0. The molecule has 19 amide bonds. The van der Waals surface area contributed by atoms with E-state index in [1.54, 1.807) is 88.4 Å². The molecule has 0 aliphatic carbocycles. The van der Waals surface area contributed by atoms with E-state index >= 15 is 0 Å². The van der Waals surface area contributed by atoms with E-state index in [-0.39, 0.29) is 75.4 Å². The number of carboxylic acids is 1. The molecule has 3 aromatic carbocycles. The molecule has 130 heavy (non-hydrogen) atoms. The maximum Gasteiger partial charge on any atom is 0.322 e. The van der Waals surface area contributed by atoms with Crippen molar-refractivity contribution in [2.45, 2.75) is 256 Å². The molecule has 28 N–H and O–H groups in total. The highest BCUT2D eigenvalue weighted by Crippen LogP contribution is 2.24. The van der Waals surface area contributed by atoms with Crippen LogP contribution in [0.15, 0.2) is 84.9 Å². The number of aliphatic hydroxyl groups is 1. The molecule has 0 unspecified atom stereocenters. The second-order valence-electron chi connectivity index (χ2n) is 32.3. The van der Waals surface area contributed by atoms with Gasteiger partial charge in [-0.25, -0.2) is 0 Å². The summed E-state index contributed by atoms with van der Waals surface area (Å²) < 4.78 is 0. The number of amides is 19. The number of carbonyl (C=O) groups excluding carboxylic acids is 19. The average Bonchev–Trinajstić information content (AvgIpc) is 1.62. The Bertz CT molecular complexity index is 4400. The van der Waals surface area contributed by atoms with Crippen LogP contribution < -0.4 is 108 Å². The summed E-state index contributed by atoms with van der Waals surface area (Å²) in [6.07, 6.45) is -3.14. The molecule has 44 nitrogen and oxygen atoms in total. The fourth-order valence-corrected chi connectivity index (χ4v) is 13.7. The topological polar surface area (TPSA) is 716 Å². The zero-order valence-corrected chi connectivity index (χ0v) is 74.7. The number of aromatic hydroxyl groups is 1. The number of likely N-dealkylation sites (tertiary alicyclic amines) is 1. The summed E-state index contributed by atoms with van der Waals surface area (Å²) in [4.78, 5) is 274. The standard InChI is InChI=1S/C86H129N21O23/c1-10-45(4)69(103-66(113)42-88)84(128)106-71(47(6)12-3)86(130)107-37-21-27-62(107)82(126)105-70(46(5)11-2)83(127)102-58(38-51-22-15-13-16-23-51)76(120)92-43-67(114)104-72(50(9)108)85(129)95-49(8)74(118)99-61(41-65(91)112)81(125)101-59(40-53-28-30-54(109)31-29-53)79(123)94-48(7)73(117)96-57(33-35-64(90)111)78(122)97-55(26-19-20-36-87)77(121)100-60(39-52-24-17-14-18-25-52)80(124)98-56(32-34-63(89)110)75(119)93-44-68(115)116/h13-18,22-25,28-31,45-50,55-62,69-72,108-109H,10-12,19-21,26-27,32-44,87-88H2,1-9H3,(H2,89,110)(H2,90,111)(H2,91,112)(H,92,120)(H,93,119)(H,94,123)(H,95,129)(H,96,117)(H,97,122)(H,98,124)(H,99,118)(H,100,121)(H,101,125)(H,102,127)(H,103,113)(H,104,114)(H,105,126)(H,106,128)(H,115,116)/t45-,46-,47-,48-,49-,50+,55-,56-,57-,58-,59-,60-,61-,62-,69-,70-,71-,72-/m0/s1. The van der Waals surface area contributed by atoms with Crippen LogP contribution in [0.5, 0.6) is 5.75 Å². The van der Waals surface area contributed by atoms with Gasteiger partial charge in [-0.05, 0) is 119 Å². The number of unbranched alkanes of at least 4 members (excludes halogenated alkanes) is 1. The Balaban J connectivity index is 1.51. The van der Waals surface area contributed by atoms with Crippen LogP contribution in [0.3, 0.4) is 0 Å². The van der Waals surface area contributed by atoms with E-state index in [0.717, 1.165) is 20.8 Å². The summed E-state index contributed by atoms with van der Waals surface area (Å²) in [5, 5.41) is 67.3. The highest BCUT2D eigenvalue weighted by Gasteiger charge is 2.44. The molecule has 1 aliphatic heterocycles. The first-order chi connectivity index (χ1) is 61.4. The second kappa shape index (κ2) is 55.5. The number of primary amides is 3. The number of nitrogens with one attached hydrogen (secondary N) is 15. The van der Waals surface area contributed by atoms with E-state index in [4.69, 9.17) is 28.7 Å². The lowest BCUT2D eigenvalue weighted by molar-refractivity contribution is -0.144. The maximum absolute atomic E-state index is 14.6. The summed E-state index contributed by atoms with van der Waals surface area (Å²) in [7, 11) is 0. The Labute approximate surface area is 753 Å². The van der Waals surface area contributed by atoms with E-state index in [1.165, 1.54) is 29.2 Å². The normalized spacial score (nSPS) is 16.2. The van der Waals surface area contributed by atoms with Crippen molar-refractivity contribution in [3.63, 3.8) is 0 Å². The lowest BCUT2D eigenvalue weighted by Crippen LogP contribution is -2.61. The van der Waals surface area contributed by atoms with Gasteiger partial charge < -0.3 is 129 Å². The molecule has 1 heterocycles. The number of hydrogen-bond donors (Lipinski definition) is 23. The van der Waals surface area contributed by atoms with Gasteiger partial charge in [0.05, 0.1) is 25.6 Å². The fourth-order valence-electron chi connectivity index (χ4n) is 13.7. The van der Waals surface area contributed by atoms with E-state index in [9.17, 15) is 111 Å². The number of phenolic OH excluding ortho intramolecular Hbond substituents is 1. The predicted octanol–water partition coefficient (Wildman–Crippen LogP) is -5.92. The number of rotatable bonds is 57. The average molecular weight is 1830 g/mol. The second-order valence-corrected chi connectivity index (χ2v) is 32.3. The third-order valence-corrected chi connectivity index (χ3v) is 21.9. The zero-order valence-electron chi connectivity index (χ0n) is 74.7. The Kier molecular flexibility index (Phi) is 46.5. The summed E-state index contributed by atoms with van der Waals surface area (Å²) in [6.45, 7) is 12.2. The third-order valence-electron chi connectivity index (χ3n) is 21.9. The molecule has 3 aromatic rings. The largest absolute Gasteiger partial charge is 0.508 e. The van der Waals surface area contributed by atoms with E-state index in [1.807, 2.05) is 13.8 Å². The Morgan fingerprint density at radius 1 is 0.400 bits per heavy atom. The molecule has 1 fully saturated rings. The van der Waals surface area contributed by atoms with Gasteiger partial charge in [0.25, 0.3) is 0 Å². The van der Waals surface area contributed by atoms with Gasteiger partial charge in [-0.3, -0.25) is 95.9 Å². The van der Waals surface area contributed by atoms with Gasteiger partial charge in [0, 0.05) is 38.6 Å². The van der Waals surface area contributed by atoms with E-state index in [0.29, 0.717) is 43.2 Å². The number of aliphatic hydroxyl groups excluding tert-OH is 1. The highest BCUT2D eigenvalue weighted by atomic mass is 16.4. The van der Waals surface area contributed by atoms with Crippen LogP contribution in [-0.2, 0) is 115 Å². The minimum atomic E-state index is -1.94. The van der Waals surface area contributed by atoms with Crippen molar-refractivity contribution in [2.24, 2.45) is 46.4 Å². The fraction of sp³-hybridized carbons (Fsp3) is 0.558. The number of phenols is 1. The van der Waals surface area contributed by atoms with Crippen LogP contribution in [0, 0.1) is 17.8 Å². The van der Waals surface area contributed by atoms with Crippen LogP contribution in [-0.4, -0.2) is 262 Å². The molecule has 0 radical (unpaired) electrons. The van der Waals surface area contributed by atoms with Crippen molar-refractivity contribution >= 4 is 118 Å². The number of carboxylic acid groups (broad SMARTS) is 1. The van der Waals surface area contributed by atoms with E-state index in [2.05, 4.69) is 79.8 Å². The smallest absolute Gasteiger partial charge is 0.322 e. The van der Waals surface area contributed by atoms with Gasteiger partial charge in [0.2, 0.25) is 112 Å². The number of hydrogen-bond acceptors (Lipinski definition) is 24. The van der Waals surface area contributed by atoms with Crippen LogP contribution in [0.1, 0.15) is 162 Å². The summed E-state index contributed by atoms with van der Waals surface area (Å²) in [6, 6.07) is 0.646. The van der Waals surface area contributed by atoms with Gasteiger partial charge in [0.1, 0.15) is 96.9 Å². The molecule has 0 spiro atoms. The van der Waals surface area contributed by atoms with Crippen LogP contribution in [0.4, 0.5) is 0 Å². The molecule has 0 aromatic heterocycles. The van der Waals surface area contributed by atoms with Crippen molar-refractivity contribution in [3.8, 4) is 5.75 Å². The molecule has 18 atom stereocenters. The molecule has 4 rings (SSSR count). The molecule has 0 saturated carbocycles. The quantitative estimate of drug-likeness (QED) is 0.0234. The lowest BCUT2D eigenvalue weighted by atomic mass is 9.94. The van der Waals surface area contributed by atoms with Crippen LogP contribution in [0.25, 0.3) is 0 Å². The number of carbonyl (C=O) groups is 20. The minimum Gasteiger partial charge on any atom is -0.508 e. The van der Waals surface area contributed by atoms with Gasteiger partial charge >= 0.3 is 5.97 Å². The molecular weight excluding hydrogens is 1700 g/mol. The van der Waals surface area contributed by atoms with Crippen molar-refractivity contribution in [3.05, 3.63) is 102 Å². The first-order valence-electron chi connectivity index (χ1n) is 43.3. The van der Waals surface area contributed by atoms with Gasteiger partial charge in [-0.2, -0.15) is 0 Å². The number of benzene rings is 3. The molecule has 716 valence electrons. The third kappa shape index (κ3) is 37.2. The molecule has 0 bridgehead atoms. The molecule has 1 aliphatic rings. The van der Waals surface area contributed by atoms with Crippen molar-refractivity contribution in [1.82, 2.24) is 84.7 Å². The highest BCUT2D eigenvalue weighted by molar-refractivity contribution is 6.02.